The molecule has 1 fully saturated rings. The number of carboxylic acid groups (broad SMARTS) is 1. The lowest BCUT2D eigenvalue weighted by molar-refractivity contribution is 0.0702. The van der Waals surface area contributed by atoms with Crippen LogP contribution in [0.5, 0.6) is 0 Å². The Labute approximate surface area is 116 Å². The van der Waals surface area contributed by atoms with Crippen molar-refractivity contribution < 1.29 is 18.3 Å². The lowest BCUT2D eigenvalue weighted by Gasteiger charge is -2.18. The van der Waals surface area contributed by atoms with Crippen LogP contribution in [0.15, 0.2) is 16.3 Å². The molecule has 0 spiro atoms. The maximum atomic E-state index is 12.4. The highest BCUT2D eigenvalue weighted by Crippen LogP contribution is 2.25. The minimum atomic E-state index is -3.56. The smallest absolute Gasteiger partial charge is 0.345 e. The normalized spacial score (nSPS) is 19.2. The Hall–Kier alpha value is -0.960. The van der Waals surface area contributed by atoms with Crippen molar-refractivity contribution in [3.63, 3.8) is 0 Å². The predicted octanol–water partition coefficient (Wildman–Crippen LogP) is 0.772. The van der Waals surface area contributed by atoms with Crippen molar-refractivity contribution in [1.29, 1.82) is 0 Å². The van der Waals surface area contributed by atoms with Crippen LogP contribution < -0.4 is 0 Å². The summed E-state index contributed by atoms with van der Waals surface area (Å²) in [5.41, 5.74) is 0. The fourth-order valence-electron chi connectivity index (χ4n) is 1.96. The molecule has 1 N–H and O–H groups in total. The zero-order valence-electron chi connectivity index (χ0n) is 10.6. The van der Waals surface area contributed by atoms with E-state index in [9.17, 15) is 13.2 Å². The highest BCUT2D eigenvalue weighted by molar-refractivity contribution is 7.91. The number of hydrogen-bond donors (Lipinski definition) is 1. The van der Waals surface area contributed by atoms with E-state index in [-0.39, 0.29) is 9.09 Å². The van der Waals surface area contributed by atoms with E-state index in [0.29, 0.717) is 19.6 Å². The van der Waals surface area contributed by atoms with Crippen molar-refractivity contribution in [3.8, 4) is 0 Å². The molecule has 1 aliphatic rings. The molecule has 6 nitrogen and oxygen atoms in total. The first-order valence-corrected chi connectivity index (χ1v) is 8.19. The molecule has 0 amide bonds. The van der Waals surface area contributed by atoms with Gasteiger partial charge in [0.2, 0.25) is 0 Å². The van der Waals surface area contributed by atoms with Crippen LogP contribution in [0.2, 0.25) is 0 Å². The molecular formula is C11H16N2O4S2. The van der Waals surface area contributed by atoms with Crippen LogP contribution in [0.1, 0.15) is 16.1 Å². The molecule has 1 aromatic rings. The molecule has 0 bridgehead atoms. The number of hydrogen-bond acceptors (Lipinski definition) is 5. The lowest BCUT2D eigenvalue weighted by Crippen LogP contribution is -2.34. The number of carbonyl (C=O) groups is 1. The van der Waals surface area contributed by atoms with Crippen LogP contribution in [0.4, 0.5) is 0 Å². The summed E-state index contributed by atoms with van der Waals surface area (Å²) in [6.45, 7) is 2.49. The molecule has 8 heteroatoms. The van der Waals surface area contributed by atoms with E-state index in [4.69, 9.17) is 5.11 Å². The summed E-state index contributed by atoms with van der Waals surface area (Å²) in [6.07, 6.45) is 0.785. The number of sulfonamides is 1. The van der Waals surface area contributed by atoms with Gasteiger partial charge in [-0.05, 0) is 32.1 Å². The topological polar surface area (TPSA) is 77.9 Å². The first-order valence-electron chi connectivity index (χ1n) is 5.93. The zero-order chi connectivity index (χ0) is 14.0. The molecule has 0 radical (unpaired) electrons. The van der Waals surface area contributed by atoms with Crippen LogP contribution in [-0.2, 0) is 10.0 Å². The van der Waals surface area contributed by atoms with Crippen LogP contribution in [-0.4, -0.2) is 61.9 Å². The van der Waals surface area contributed by atoms with Crippen molar-refractivity contribution in [2.75, 3.05) is 33.2 Å². The van der Waals surface area contributed by atoms with Gasteiger partial charge in [0.1, 0.15) is 9.09 Å². The number of thiophene rings is 1. The first kappa shape index (κ1) is 14.4. The van der Waals surface area contributed by atoms with Gasteiger partial charge in [0.15, 0.2) is 0 Å². The maximum absolute atomic E-state index is 12.4. The number of carboxylic acids is 1. The highest BCUT2D eigenvalue weighted by atomic mass is 32.2. The van der Waals surface area contributed by atoms with Crippen molar-refractivity contribution in [2.45, 2.75) is 10.6 Å². The molecule has 0 aliphatic carbocycles. The Morgan fingerprint density at radius 2 is 2.00 bits per heavy atom. The van der Waals surface area contributed by atoms with E-state index in [0.717, 1.165) is 24.3 Å². The van der Waals surface area contributed by atoms with Gasteiger partial charge in [-0.25, -0.2) is 13.2 Å². The second kappa shape index (κ2) is 5.58. The molecular weight excluding hydrogens is 288 g/mol. The second-order valence-corrected chi connectivity index (χ2v) is 7.73. The third-order valence-corrected chi connectivity index (χ3v) is 6.50. The molecule has 19 heavy (non-hydrogen) atoms. The molecule has 0 unspecified atom stereocenters. The molecule has 1 aliphatic heterocycles. The summed E-state index contributed by atoms with van der Waals surface area (Å²) in [5, 5.41) is 8.85. The third kappa shape index (κ3) is 3.14. The molecule has 1 aromatic heterocycles. The molecule has 0 aromatic carbocycles. The quantitative estimate of drug-likeness (QED) is 0.892. The van der Waals surface area contributed by atoms with E-state index in [1.165, 1.54) is 16.4 Å². The van der Waals surface area contributed by atoms with Crippen LogP contribution in [0.3, 0.4) is 0 Å². The van der Waals surface area contributed by atoms with Gasteiger partial charge in [-0.2, -0.15) is 4.31 Å². The van der Waals surface area contributed by atoms with E-state index >= 15 is 0 Å². The van der Waals surface area contributed by atoms with Crippen molar-refractivity contribution >= 4 is 27.3 Å². The molecule has 106 valence electrons. The zero-order valence-corrected chi connectivity index (χ0v) is 12.2. The molecule has 1 saturated heterocycles. The number of aromatic carboxylic acids is 1. The van der Waals surface area contributed by atoms with Gasteiger partial charge in [0.05, 0.1) is 0 Å². The number of rotatable bonds is 3. The number of likely N-dealkylation sites (N-methyl/N-ethyl adjacent to an activating group) is 1. The fraction of sp³-hybridized carbons (Fsp3) is 0.545. The van der Waals surface area contributed by atoms with Gasteiger partial charge in [-0.1, -0.05) is 0 Å². The summed E-state index contributed by atoms with van der Waals surface area (Å²) >= 11 is 0.806. The minimum Gasteiger partial charge on any atom is -0.477 e. The standard InChI is InChI=1S/C11H16N2O4S2/c1-12-5-2-6-13(8-7-12)19(16,17)10-4-3-9(18-10)11(14)15/h3-4H,2,5-8H2,1H3,(H,14,15). The Balaban J connectivity index is 2.23. The maximum Gasteiger partial charge on any atom is 0.345 e. The summed E-state index contributed by atoms with van der Waals surface area (Å²) < 4.78 is 26.4. The van der Waals surface area contributed by atoms with Crippen molar-refractivity contribution in [2.24, 2.45) is 0 Å². The Morgan fingerprint density at radius 3 is 2.63 bits per heavy atom. The van der Waals surface area contributed by atoms with Gasteiger partial charge in [-0.3, -0.25) is 0 Å². The SMILES string of the molecule is CN1CCCN(S(=O)(=O)c2ccc(C(=O)O)s2)CC1. The predicted molar refractivity (Wildman–Crippen MR) is 72.2 cm³/mol. The Bertz CT molecular complexity index is 567. The summed E-state index contributed by atoms with van der Waals surface area (Å²) in [6, 6.07) is 2.71. The average molecular weight is 304 g/mol. The average Bonchev–Trinajstić information content (AvgIpc) is 2.74. The highest BCUT2D eigenvalue weighted by Gasteiger charge is 2.28. The van der Waals surface area contributed by atoms with Crippen LogP contribution in [0, 0.1) is 0 Å². The van der Waals surface area contributed by atoms with Gasteiger partial charge < -0.3 is 10.0 Å². The third-order valence-electron chi connectivity index (χ3n) is 3.06. The van der Waals surface area contributed by atoms with Gasteiger partial charge in [0, 0.05) is 19.6 Å². The fourth-order valence-corrected chi connectivity index (χ4v) is 4.73. The molecule has 0 atom stereocenters. The van der Waals surface area contributed by atoms with E-state index in [1.807, 2.05) is 7.05 Å². The molecule has 2 rings (SSSR count). The second-order valence-electron chi connectivity index (χ2n) is 4.48. The van der Waals surface area contributed by atoms with E-state index in [2.05, 4.69) is 4.90 Å². The monoisotopic (exact) mass is 304 g/mol. The largest absolute Gasteiger partial charge is 0.477 e. The van der Waals surface area contributed by atoms with Gasteiger partial charge in [-0.15, -0.1) is 11.3 Å². The summed E-state index contributed by atoms with van der Waals surface area (Å²) in [7, 11) is -1.60. The Kier molecular flexibility index (Phi) is 4.24. The minimum absolute atomic E-state index is 0.0468. The lowest BCUT2D eigenvalue weighted by atomic mass is 10.4. The van der Waals surface area contributed by atoms with Crippen LogP contribution in [0.25, 0.3) is 0 Å². The molecule has 0 saturated carbocycles. The van der Waals surface area contributed by atoms with Crippen LogP contribution >= 0.6 is 11.3 Å². The van der Waals surface area contributed by atoms with Crippen molar-refractivity contribution in [1.82, 2.24) is 9.21 Å². The van der Waals surface area contributed by atoms with Gasteiger partial charge >= 0.3 is 5.97 Å². The summed E-state index contributed by atoms with van der Waals surface area (Å²) in [4.78, 5) is 12.9. The number of nitrogens with zero attached hydrogens (tertiary/aromatic N) is 2. The van der Waals surface area contributed by atoms with Gasteiger partial charge in [0.25, 0.3) is 10.0 Å². The molecule has 2 heterocycles. The van der Waals surface area contributed by atoms with E-state index < -0.39 is 16.0 Å². The summed E-state index contributed by atoms with van der Waals surface area (Å²) in [5.74, 6) is -1.10. The first-order chi connectivity index (χ1) is 8.91. The van der Waals surface area contributed by atoms with Crippen molar-refractivity contribution in [3.05, 3.63) is 17.0 Å². The van der Waals surface area contributed by atoms with E-state index in [1.54, 1.807) is 0 Å². The Morgan fingerprint density at radius 1 is 1.26 bits per heavy atom.